The molecule has 2 heteroatoms. The third kappa shape index (κ3) is 2.10. The number of rotatable bonds is 2. The van der Waals surface area contributed by atoms with E-state index >= 15 is 0 Å². The Labute approximate surface area is 117 Å². The highest BCUT2D eigenvalue weighted by Crippen LogP contribution is 2.32. The summed E-state index contributed by atoms with van der Waals surface area (Å²) in [6.07, 6.45) is 0.787. The summed E-state index contributed by atoms with van der Waals surface area (Å²) >= 11 is 0. The molecule has 0 aliphatic carbocycles. The standard InChI is InChI=1S/C18H16O2/c1-2-16-17(4-3-5-18(16)20)14-7-6-13-11-15(19)9-8-12(13)10-14/h3-11,19-20H,2H2,1H3. The second-order valence-electron chi connectivity index (χ2n) is 4.90. The first-order valence-electron chi connectivity index (χ1n) is 6.73. The summed E-state index contributed by atoms with van der Waals surface area (Å²) in [5.74, 6) is 0.618. The molecule has 2 N–H and O–H groups in total. The molecule has 0 aromatic heterocycles. The van der Waals surface area contributed by atoms with E-state index in [0.717, 1.165) is 33.9 Å². The third-order valence-electron chi connectivity index (χ3n) is 3.64. The predicted octanol–water partition coefficient (Wildman–Crippen LogP) is 4.48. The minimum Gasteiger partial charge on any atom is -0.508 e. The Morgan fingerprint density at radius 3 is 2.40 bits per heavy atom. The molecule has 0 aliphatic rings. The fourth-order valence-corrected chi connectivity index (χ4v) is 2.62. The van der Waals surface area contributed by atoms with Crippen LogP contribution in [0.2, 0.25) is 0 Å². The summed E-state index contributed by atoms with van der Waals surface area (Å²) in [5.41, 5.74) is 3.10. The van der Waals surface area contributed by atoms with Gasteiger partial charge < -0.3 is 10.2 Å². The molecule has 0 atom stereocenters. The Morgan fingerprint density at radius 1 is 0.850 bits per heavy atom. The van der Waals surface area contributed by atoms with Gasteiger partial charge >= 0.3 is 0 Å². The van der Waals surface area contributed by atoms with Crippen molar-refractivity contribution in [1.82, 2.24) is 0 Å². The normalized spacial score (nSPS) is 10.8. The van der Waals surface area contributed by atoms with E-state index in [2.05, 4.69) is 6.07 Å². The molecular weight excluding hydrogens is 248 g/mol. The smallest absolute Gasteiger partial charge is 0.119 e. The number of benzene rings is 3. The topological polar surface area (TPSA) is 40.5 Å². The molecule has 0 saturated carbocycles. The van der Waals surface area contributed by atoms with Gasteiger partial charge in [0, 0.05) is 5.56 Å². The molecule has 0 radical (unpaired) electrons. The van der Waals surface area contributed by atoms with Gasteiger partial charge in [0.05, 0.1) is 0 Å². The Bertz CT molecular complexity index is 775. The maximum Gasteiger partial charge on any atom is 0.119 e. The summed E-state index contributed by atoms with van der Waals surface area (Å²) in [6.45, 7) is 2.04. The number of phenols is 2. The minimum absolute atomic E-state index is 0.275. The summed E-state index contributed by atoms with van der Waals surface area (Å²) < 4.78 is 0. The molecule has 0 amide bonds. The number of aromatic hydroxyl groups is 2. The molecule has 0 heterocycles. The molecule has 0 aliphatic heterocycles. The molecule has 3 rings (SSSR count). The molecule has 0 bridgehead atoms. The zero-order valence-corrected chi connectivity index (χ0v) is 11.3. The Hall–Kier alpha value is -2.48. The van der Waals surface area contributed by atoms with Crippen molar-refractivity contribution in [2.45, 2.75) is 13.3 Å². The largest absolute Gasteiger partial charge is 0.508 e. The molecule has 0 fully saturated rings. The summed E-state index contributed by atoms with van der Waals surface area (Å²) in [6, 6.07) is 17.1. The van der Waals surface area contributed by atoms with Crippen LogP contribution in [0, 0.1) is 0 Å². The highest BCUT2D eigenvalue weighted by molar-refractivity contribution is 5.89. The number of phenolic OH excluding ortho intramolecular Hbond substituents is 2. The van der Waals surface area contributed by atoms with Crippen LogP contribution in [0.25, 0.3) is 21.9 Å². The van der Waals surface area contributed by atoms with Gasteiger partial charge in [-0.2, -0.15) is 0 Å². The lowest BCUT2D eigenvalue weighted by Crippen LogP contribution is -1.88. The number of hydrogen-bond donors (Lipinski definition) is 2. The van der Waals surface area contributed by atoms with Crippen LogP contribution in [-0.2, 0) is 6.42 Å². The zero-order chi connectivity index (χ0) is 14.1. The molecule has 0 spiro atoms. The van der Waals surface area contributed by atoms with Crippen molar-refractivity contribution in [3.8, 4) is 22.6 Å². The van der Waals surface area contributed by atoms with Gasteiger partial charge in [0.15, 0.2) is 0 Å². The van der Waals surface area contributed by atoms with Crippen LogP contribution < -0.4 is 0 Å². The lowest BCUT2D eigenvalue weighted by Gasteiger charge is -2.11. The first-order valence-corrected chi connectivity index (χ1v) is 6.73. The zero-order valence-electron chi connectivity index (χ0n) is 11.3. The monoisotopic (exact) mass is 264 g/mol. The highest BCUT2D eigenvalue weighted by atomic mass is 16.3. The molecule has 100 valence electrons. The highest BCUT2D eigenvalue weighted by Gasteiger charge is 2.08. The summed E-state index contributed by atoms with van der Waals surface area (Å²) in [5, 5.41) is 21.6. The van der Waals surface area contributed by atoms with Gasteiger partial charge in [-0.3, -0.25) is 0 Å². The van der Waals surface area contributed by atoms with Gasteiger partial charge in [-0.05, 0) is 52.6 Å². The van der Waals surface area contributed by atoms with Gasteiger partial charge in [0.2, 0.25) is 0 Å². The Kier molecular flexibility index (Phi) is 3.07. The van der Waals surface area contributed by atoms with Crippen LogP contribution in [0.15, 0.2) is 54.6 Å². The van der Waals surface area contributed by atoms with E-state index in [0.29, 0.717) is 5.75 Å². The van der Waals surface area contributed by atoms with Crippen LogP contribution >= 0.6 is 0 Å². The Balaban J connectivity index is 2.20. The van der Waals surface area contributed by atoms with E-state index in [1.165, 1.54) is 0 Å². The minimum atomic E-state index is 0.275. The lowest BCUT2D eigenvalue weighted by atomic mass is 9.95. The van der Waals surface area contributed by atoms with Gasteiger partial charge in [0.1, 0.15) is 11.5 Å². The quantitative estimate of drug-likeness (QED) is 0.716. The Morgan fingerprint density at radius 2 is 1.60 bits per heavy atom. The molecule has 0 unspecified atom stereocenters. The van der Waals surface area contributed by atoms with Gasteiger partial charge in [-0.15, -0.1) is 0 Å². The van der Waals surface area contributed by atoms with Crippen molar-refractivity contribution in [2.24, 2.45) is 0 Å². The maximum atomic E-state index is 9.97. The van der Waals surface area contributed by atoms with Crippen LogP contribution in [0.5, 0.6) is 11.5 Å². The molecule has 3 aromatic rings. The first-order chi connectivity index (χ1) is 9.69. The average Bonchev–Trinajstić information content (AvgIpc) is 2.46. The molecule has 3 aromatic carbocycles. The van der Waals surface area contributed by atoms with Crippen LogP contribution in [0.3, 0.4) is 0 Å². The van der Waals surface area contributed by atoms with Crippen molar-refractivity contribution < 1.29 is 10.2 Å². The van der Waals surface area contributed by atoms with Gasteiger partial charge in [-0.1, -0.05) is 37.3 Å². The van der Waals surface area contributed by atoms with Crippen LogP contribution in [0.4, 0.5) is 0 Å². The molecular formula is C18H16O2. The number of fused-ring (bicyclic) bond motifs is 1. The van der Waals surface area contributed by atoms with Crippen molar-refractivity contribution >= 4 is 10.8 Å². The molecule has 2 nitrogen and oxygen atoms in total. The second-order valence-corrected chi connectivity index (χ2v) is 4.90. The maximum absolute atomic E-state index is 9.97. The molecule has 20 heavy (non-hydrogen) atoms. The predicted molar refractivity (Wildman–Crippen MR) is 82.1 cm³/mol. The van der Waals surface area contributed by atoms with E-state index in [1.54, 1.807) is 18.2 Å². The van der Waals surface area contributed by atoms with Gasteiger partial charge in [0.25, 0.3) is 0 Å². The van der Waals surface area contributed by atoms with E-state index in [-0.39, 0.29) is 5.75 Å². The van der Waals surface area contributed by atoms with Gasteiger partial charge in [-0.25, -0.2) is 0 Å². The summed E-state index contributed by atoms with van der Waals surface area (Å²) in [7, 11) is 0. The second kappa shape index (κ2) is 4.89. The van der Waals surface area contributed by atoms with Crippen LogP contribution in [-0.4, -0.2) is 10.2 Å². The van der Waals surface area contributed by atoms with Crippen molar-refractivity contribution in [3.05, 3.63) is 60.2 Å². The van der Waals surface area contributed by atoms with E-state index < -0.39 is 0 Å². The fourth-order valence-electron chi connectivity index (χ4n) is 2.62. The van der Waals surface area contributed by atoms with E-state index in [4.69, 9.17) is 0 Å². The fraction of sp³-hybridized carbons (Fsp3) is 0.111. The average molecular weight is 264 g/mol. The summed E-state index contributed by atoms with van der Waals surface area (Å²) in [4.78, 5) is 0. The lowest BCUT2D eigenvalue weighted by molar-refractivity contribution is 0.469. The van der Waals surface area contributed by atoms with Crippen LogP contribution in [0.1, 0.15) is 12.5 Å². The number of hydrogen-bond acceptors (Lipinski definition) is 2. The molecule has 0 saturated heterocycles. The van der Waals surface area contributed by atoms with Crippen molar-refractivity contribution in [2.75, 3.05) is 0 Å². The van der Waals surface area contributed by atoms with E-state index in [9.17, 15) is 10.2 Å². The van der Waals surface area contributed by atoms with E-state index in [1.807, 2.05) is 37.3 Å². The van der Waals surface area contributed by atoms with Crippen molar-refractivity contribution in [3.63, 3.8) is 0 Å². The van der Waals surface area contributed by atoms with Crippen molar-refractivity contribution in [1.29, 1.82) is 0 Å². The SMILES string of the molecule is CCc1c(O)cccc1-c1ccc2cc(O)ccc2c1. The first kappa shape index (κ1) is 12.5. The third-order valence-corrected chi connectivity index (χ3v) is 3.64.